The summed E-state index contributed by atoms with van der Waals surface area (Å²) >= 11 is 0. The summed E-state index contributed by atoms with van der Waals surface area (Å²) in [6.45, 7) is 3.60. The summed E-state index contributed by atoms with van der Waals surface area (Å²) in [5.41, 5.74) is 2.15. The molecule has 0 aromatic carbocycles. The lowest BCUT2D eigenvalue weighted by Gasteiger charge is -2.28. The van der Waals surface area contributed by atoms with Gasteiger partial charge < -0.3 is 4.90 Å². The van der Waals surface area contributed by atoms with E-state index >= 15 is 0 Å². The number of carbonyl (C=O) groups is 1. The monoisotopic (exact) mass is 287 g/mol. The second-order valence-corrected chi connectivity index (χ2v) is 6.54. The largest absolute Gasteiger partial charge is 0.336 e. The second-order valence-electron chi connectivity index (χ2n) is 6.54. The molecule has 1 aromatic rings. The zero-order valence-electron chi connectivity index (χ0n) is 13.1. The van der Waals surface area contributed by atoms with Crippen molar-refractivity contribution >= 4 is 5.91 Å². The second kappa shape index (κ2) is 6.04. The van der Waals surface area contributed by atoms with E-state index in [1.54, 1.807) is 0 Å². The fourth-order valence-corrected chi connectivity index (χ4v) is 3.06. The Morgan fingerprint density at radius 2 is 2.19 bits per heavy atom. The number of hydrogen-bond acceptors (Lipinski definition) is 2. The molecule has 0 unspecified atom stereocenters. The molecule has 2 aliphatic rings. The normalized spacial score (nSPS) is 21.5. The zero-order valence-corrected chi connectivity index (χ0v) is 13.1. The van der Waals surface area contributed by atoms with Crippen molar-refractivity contribution in [2.75, 3.05) is 6.54 Å². The maximum atomic E-state index is 12.5. The highest BCUT2D eigenvalue weighted by molar-refractivity contribution is 5.81. The third-order valence-electron chi connectivity index (χ3n) is 4.61. The number of aryl methyl sites for hydroxylation is 2. The molecule has 0 radical (unpaired) electrons. The van der Waals surface area contributed by atoms with Crippen LogP contribution in [0, 0.1) is 18.8 Å². The molecule has 0 aliphatic heterocycles. The number of nitrogens with zero attached hydrogens (tertiary/aromatic N) is 3. The van der Waals surface area contributed by atoms with E-state index in [1.165, 1.54) is 6.42 Å². The van der Waals surface area contributed by atoms with Crippen molar-refractivity contribution in [1.82, 2.24) is 14.7 Å². The minimum absolute atomic E-state index is 0.286. The molecular weight excluding hydrogens is 262 g/mol. The zero-order chi connectivity index (χ0) is 14.8. The van der Waals surface area contributed by atoms with E-state index in [1.807, 2.05) is 11.7 Å². The van der Waals surface area contributed by atoms with Gasteiger partial charge >= 0.3 is 0 Å². The summed E-state index contributed by atoms with van der Waals surface area (Å²) in [5, 5.41) is 4.51. The topological polar surface area (TPSA) is 38.1 Å². The Morgan fingerprint density at radius 3 is 2.76 bits per heavy atom. The van der Waals surface area contributed by atoms with Gasteiger partial charge in [-0.05, 0) is 51.0 Å². The SMILES string of the molecule is Cc1cc(CN(C[C@H]2CC=CCC2)C(=O)C2CC2)nn1C. The Hall–Kier alpha value is -1.58. The van der Waals surface area contributed by atoms with Gasteiger partial charge in [0.2, 0.25) is 5.91 Å². The van der Waals surface area contributed by atoms with E-state index in [9.17, 15) is 4.79 Å². The number of carbonyl (C=O) groups excluding carboxylic acids is 1. The molecule has 1 amide bonds. The van der Waals surface area contributed by atoms with Gasteiger partial charge in [0.1, 0.15) is 0 Å². The maximum Gasteiger partial charge on any atom is 0.226 e. The Morgan fingerprint density at radius 1 is 1.38 bits per heavy atom. The minimum Gasteiger partial charge on any atom is -0.336 e. The summed E-state index contributed by atoms with van der Waals surface area (Å²) < 4.78 is 1.89. The molecule has 0 N–H and O–H groups in total. The lowest BCUT2D eigenvalue weighted by molar-refractivity contribution is -0.134. The molecule has 1 saturated carbocycles. The Bertz CT molecular complexity index is 523. The van der Waals surface area contributed by atoms with E-state index in [0.29, 0.717) is 18.4 Å². The van der Waals surface area contributed by atoms with E-state index in [-0.39, 0.29) is 5.92 Å². The molecule has 0 bridgehead atoms. The van der Waals surface area contributed by atoms with Crippen LogP contribution in [0.3, 0.4) is 0 Å². The highest BCUT2D eigenvalue weighted by Gasteiger charge is 2.34. The summed E-state index contributed by atoms with van der Waals surface area (Å²) in [6, 6.07) is 2.09. The van der Waals surface area contributed by atoms with E-state index in [2.05, 4.69) is 35.1 Å². The Kier molecular flexibility index (Phi) is 4.13. The molecule has 1 heterocycles. The molecule has 4 nitrogen and oxygen atoms in total. The van der Waals surface area contributed by atoms with Crippen LogP contribution in [0.1, 0.15) is 43.5 Å². The average Bonchev–Trinajstić information content (AvgIpc) is 3.26. The van der Waals surface area contributed by atoms with Gasteiger partial charge in [0.15, 0.2) is 0 Å². The van der Waals surface area contributed by atoms with Crippen molar-refractivity contribution in [1.29, 1.82) is 0 Å². The number of amides is 1. The van der Waals surface area contributed by atoms with Crippen molar-refractivity contribution in [2.24, 2.45) is 18.9 Å². The lowest BCUT2D eigenvalue weighted by Crippen LogP contribution is -2.36. The van der Waals surface area contributed by atoms with Crippen LogP contribution in [-0.4, -0.2) is 27.1 Å². The third-order valence-corrected chi connectivity index (χ3v) is 4.61. The minimum atomic E-state index is 0.286. The summed E-state index contributed by atoms with van der Waals surface area (Å²) in [5.74, 6) is 1.24. The first-order valence-electron chi connectivity index (χ1n) is 8.07. The van der Waals surface area contributed by atoms with Gasteiger partial charge in [-0.2, -0.15) is 5.10 Å². The van der Waals surface area contributed by atoms with Crippen LogP contribution in [0.2, 0.25) is 0 Å². The van der Waals surface area contributed by atoms with Gasteiger partial charge in [-0.25, -0.2) is 0 Å². The van der Waals surface area contributed by atoms with Crippen molar-refractivity contribution in [3.63, 3.8) is 0 Å². The highest BCUT2D eigenvalue weighted by atomic mass is 16.2. The maximum absolute atomic E-state index is 12.5. The quantitative estimate of drug-likeness (QED) is 0.781. The molecule has 21 heavy (non-hydrogen) atoms. The van der Waals surface area contributed by atoms with Crippen LogP contribution in [0.15, 0.2) is 18.2 Å². The van der Waals surface area contributed by atoms with Gasteiger partial charge in [0.05, 0.1) is 12.2 Å². The smallest absolute Gasteiger partial charge is 0.226 e. The van der Waals surface area contributed by atoms with E-state index < -0.39 is 0 Å². The van der Waals surface area contributed by atoms with Crippen LogP contribution in [0.4, 0.5) is 0 Å². The van der Waals surface area contributed by atoms with Gasteiger partial charge in [-0.3, -0.25) is 9.48 Å². The fraction of sp³-hybridized carbons (Fsp3) is 0.647. The van der Waals surface area contributed by atoms with Crippen LogP contribution >= 0.6 is 0 Å². The Labute approximate surface area is 126 Å². The molecule has 1 fully saturated rings. The average molecular weight is 287 g/mol. The fourth-order valence-electron chi connectivity index (χ4n) is 3.06. The first-order valence-corrected chi connectivity index (χ1v) is 8.07. The molecule has 1 aromatic heterocycles. The summed E-state index contributed by atoms with van der Waals surface area (Å²) in [4.78, 5) is 14.6. The first kappa shape index (κ1) is 14.4. The third kappa shape index (κ3) is 3.55. The molecule has 1 atom stereocenters. The molecule has 4 heteroatoms. The predicted molar refractivity (Wildman–Crippen MR) is 82.6 cm³/mol. The van der Waals surface area contributed by atoms with Crippen molar-refractivity contribution < 1.29 is 4.79 Å². The number of aromatic nitrogens is 2. The van der Waals surface area contributed by atoms with Crippen molar-refractivity contribution in [3.05, 3.63) is 29.6 Å². The summed E-state index contributed by atoms with van der Waals surface area (Å²) in [7, 11) is 1.96. The number of rotatable bonds is 5. The molecule has 0 saturated heterocycles. The van der Waals surface area contributed by atoms with Crippen LogP contribution in [0.25, 0.3) is 0 Å². The lowest BCUT2D eigenvalue weighted by atomic mass is 9.93. The standard InChI is InChI=1S/C17H25N3O/c1-13-10-16(18-19(13)2)12-20(17(21)15-8-9-15)11-14-6-4-3-5-7-14/h3-4,10,14-15H,5-9,11-12H2,1-2H3/t14-/m0/s1. The Balaban J connectivity index is 1.68. The molecule has 114 valence electrons. The predicted octanol–water partition coefficient (Wildman–Crippen LogP) is 2.82. The van der Waals surface area contributed by atoms with E-state index in [4.69, 9.17) is 0 Å². The number of hydrogen-bond donors (Lipinski definition) is 0. The van der Waals surface area contributed by atoms with Gasteiger partial charge in [-0.15, -0.1) is 0 Å². The van der Waals surface area contributed by atoms with Crippen molar-refractivity contribution in [3.8, 4) is 0 Å². The van der Waals surface area contributed by atoms with Gasteiger partial charge in [0, 0.05) is 25.2 Å². The van der Waals surface area contributed by atoms with Gasteiger partial charge in [-0.1, -0.05) is 12.2 Å². The summed E-state index contributed by atoms with van der Waals surface area (Å²) in [6.07, 6.45) is 10.1. The van der Waals surface area contributed by atoms with Crippen molar-refractivity contribution in [2.45, 2.75) is 45.6 Å². The highest BCUT2D eigenvalue weighted by Crippen LogP contribution is 2.32. The van der Waals surface area contributed by atoms with Crippen LogP contribution < -0.4 is 0 Å². The number of allylic oxidation sites excluding steroid dienone is 2. The van der Waals surface area contributed by atoms with Gasteiger partial charge in [0.25, 0.3) is 0 Å². The molecule has 3 rings (SSSR count). The first-order chi connectivity index (χ1) is 10.1. The molecule has 0 spiro atoms. The molecular formula is C17H25N3O. The van der Waals surface area contributed by atoms with E-state index in [0.717, 1.165) is 43.6 Å². The van der Waals surface area contributed by atoms with Crippen LogP contribution in [0.5, 0.6) is 0 Å². The van der Waals surface area contributed by atoms with Crippen LogP contribution in [-0.2, 0) is 18.4 Å². The molecule has 2 aliphatic carbocycles.